The maximum Gasteiger partial charge on any atom is 0.123 e. The molecule has 0 radical (unpaired) electrons. The smallest absolute Gasteiger partial charge is 0.123 e. The Morgan fingerprint density at radius 3 is 2.29 bits per heavy atom. The van der Waals surface area contributed by atoms with Gasteiger partial charge in [0.2, 0.25) is 0 Å². The molecule has 2 aromatic rings. The van der Waals surface area contributed by atoms with E-state index in [0.717, 1.165) is 12.4 Å². The number of fused-ring (bicyclic) bond motifs is 1. The molecule has 1 heterocycles. The highest BCUT2D eigenvalue weighted by molar-refractivity contribution is 5.55. The third-order valence-electron chi connectivity index (χ3n) is 4.93. The molecule has 0 fully saturated rings. The summed E-state index contributed by atoms with van der Waals surface area (Å²) in [5, 5.41) is 0. The van der Waals surface area contributed by atoms with Gasteiger partial charge in [0, 0.05) is 11.5 Å². The van der Waals surface area contributed by atoms with Crippen LogP contribution in [-0.2, 0) is 0 Å². The number of benzene rings is 2. The van der Waals surface area contributed by atoms with Gasteiger partial charge in [0.05, 0.1) is 6.61 Å². The molecule has 110 valence electrons. The average molecular weight is 280 g/mol. The minimum Gasteiger partial charge on any atom is -0.492 e. The molecule has 1 aliphatic rings. The van der Waals surface area contributed by atoms with Crippen molar-refractivity contribution < 1.29 is 4.74 Å². The van der Waals surface area contributed by atoms with Gasteiger partial charge in [-0.2, -0.15) is 0 Å². The van der Waals surface area contributed by atoms with E-state index in [0.29, 0.717) is 11.8 Å². The van der Waals surface area contributed by atoms with E-state index in [2.05, 4.69) is 65.0 Å². The molecule has 0 aliphatic carbocycles. The fourth-order valence-corrected chi connectivity index (χ4v) is 3.25. The van der Waals surface area contributed by atoms with Crippen LogP contribution in [0, 0.1) is 20.8 Å². The molecule has 1 aliphatic heterocycles. The first-order valence-corrected chi connectivity index (χ1v) is 7.82. The number of rotatable bonds is 2. The molecule has 0 amide bonds. The minimum atomic E-state index is 0.375. The van der Waals surface area contributed by atoms with E-state index in [1.165, 1.54) is 33.4 Å². The minimum absolute atomic E-state index is 0.375. The standard InChI is InChI=1S/C20H24O/c1-12(2)16-6-8-17(9-7-16)18-11-21-19-10-13(3)14(4)15(5)20(18)19/h6-10,12,18H,11H2,1-5H3/t18-/m1/s1. The molecule has 0 saturated carbocycles. The summed E-state index contributed by atoms with van der Waals surface area (Å²) in [6.07, 6.45) is 0. The van der Waals surface area contributed by atoms with Crippen molar-refractivity contribution in [1.29, 1.82) is 0 Å². The van der Waals surface area contributed by atoms with Crippen molar-refractivity contribution in [3.8, 4) is 5.75 Å². The van der Waals surface area contributed by atoms with Crippen molar-refractivity contribution >= 4 is 0 Å². The molecule has 21 heavy (non-hydrogen) atoms. The first-order valence-electron chi connectivity index (χ1n) is 7.82. The SMILES string of the molecule is Cc1cc2c(c(C)c1C)[C@@H](c1ccc(C(C)C)cc1)CO2. The van der Waals surface area contributed by atoms with Crippen LogP contribution in [0.15, 0.2) is 30.3 Å². The van der Waals surface area contributed by atoms with Crippen LogP contribution in [0.5, 0.6) is 5.75 Å². The molecule has 1 heteroatoms. The summed E-state index contributed by atoms with van der Waals surface area (Å²) in [5.74, 6) is 2.03. The van der Waals surface area contributed by atoms with E-state index in [4.69, 9.17) is 4.74 Å². The van der Waals surface area contributed by atoms with E-state index in [1.54, 1.807) is 0 Å². The lowest BCUT2D eigenvalue weighted by atomic mass is 9.86. The molecule has 0 aromatic heterocycles. The second kappa shape index (κ2) is 5.22. The number of hydrogen-bond donors (Lipinski definition) is 0. The Kier molecular flexibility index (Phi) is 3.52. The Morgan fingerprint density at radius 1 is 1.00 bits per heavy atom. The highest BCUT2D eigenvalue weighted by atomic mass is 16.5. The third-order valence-corrected chi connectivity index (χ3v) is 4.93. The predicted molar refractivity (Wildman–Crippen MR) is 88.5 cm³/mol. The molecule has 0 unspecified atom stereocenters. The number of hydrogen-bond acceptors (Lipinski definition) is 1. The summed E-state index contributed by atoms with van der Waals surface area (Å²) in [6.45, 7) is 11.8. The molecule has 0 N–H and O–H groups in total. The molecule has 1 nitrogen and oxygen atoms in total. The second-order valence-corrected chi connectivity index (χ2v) is 6.54. The fraction of sp³-hybridized carbons (Fsp3) is 0.400. The lowest BCUT2D eigenvalue weighted by molar-refractivity contribution is 0.343. The number of ether oxygens (including phenoxy) is 1. The molecule has 0 bridgehead atoms. The van der Waals surface area contributed by atoms with Crippen LogP contribution in [0.2, 0.25) is 0 Å². The fourth-order valence-electron chi connectivity index (χ4n) is 3.25. The Morgan fingerprint density at radius 2 is 1.67 bits per heavy atom. The van der Waals surface area contributed by atoms with Gasteiger partial charge in [-0.15, -0.1) is 0 Å². The van der Waals surface area contributed by atoms with Gasteiger partial charge in [-0.1, -0.05) is 38.1 Å². The summed E-state index contributed by atoms with van der Waals surface area (Å²) >= 11 is 0. The van der Waals surface area contributed by atoms with Gasteiger partial charge < -0.3 is 4.74 Å². The van der Waals surface area contributed by atoms with Crippen LogP contribution >= 0.6 is 0 Å². The summed E-state index contributed by atoms with van der Waals surface area (Å²) in [7, 11) is 0. The Hall–Kier alpha value is -1.76. The Bertz CT molecular complexity index is 665. The third kappa shape index (κ3) is 2.35. The summed E-state index contributed by atoms with van der Waals surface area (Å²) in [4.78, 5) is 0. The van der Waals surface area contributed by atoms with Crippen molar-refractivity contribution in [3.05, 3.63) is 63.7 Å². The van der Waals surface area contributed by atoms with Crippen LogP contribution in [0.25, 0.3) is 0 Å². The van der Waals surface area contributed by atoms with Crippen LogP contribution in [0.1, 0.15) is 59.1 Å². The summed E-state index contributed by atoms with van der Waals surface area (Å²) < 4.78 is 5.96. The second-order valence-electron chi connectivity index (χ2n) is 6.54. The molecular formula is C20H24O. The molecule has 0 spiro atoms. The van der Waals surface area contributed by atoms with E-state index >= 15 is 0 Å². The van der Waals surface area contributed by atoms with Crippen LogP contribution in [0.4, 0.5) is 0 Å². The van der Waals surface area contributed by atoms with Gasteiger partial charge in [-0.25, -0.2) is 0 Å². The van der Waals surface area contributed by atoms with Crippen molar-refractivity contribution in [1.82, 2.24) is 0 Å². The quantitative estimate of drug-likeness (QED) is 0.729. The zero-order chi connectivity index (χ0) is 15.1. The van der Waals surface area contributed by atoms with E-state index in [9.17, 15) is 0 Å². The Labute approximate surface area is 128 Å². The Balaban J connectivity index is 2.03. The van der Waals surface area contributed by atoms with Gasteiger partial charge >= 0.3 is 0 Å². The van der Waals surface area contributed by atoms with Crippen LogP contribution in [-0.4, -0.2) is 6.61 Å². The topological polar surface area (TPSA) is 9.23 Å². The van der Waals surface area contributed by atoms with Gasteiger partial charge in [-0.3, -0.25) is 0 Å². The monoisotopic (exact) mass is 280 g/mol. The highest BCUT2D eigenvalue weighted by Crippen LogP contribution is 2.42. The van der Waals surface area contributed by atoms with Crippen LogP contribution < -0.4 is 4.74 Å². The summed E-state index contributed by atoms with van der Waals surface area (Å²) in [5.41, 5.74) is 8.25. The summed E-state index contributed by atoms with van der Waals surface area (Å²) in [6, 6.07) is 11.3. The van der Waals surface area contributed by atoms with Crippen molar-refractivity contribution in [3.63, 3.8) is 0 Å². The lowest BCUT2D eigenvalue weighted by Crippen LogP contribution is -2.04. The lowest BCUT2D eigenvalue weighted by Gasteiger charge is -2.16. The zero-order valence-corrected chi connectivity index (χ0v) is 13.7. The first-order chi connectivity index (χ1) is 9.99. The van der Waals surface area contributed by atoms with Crippen LogP contribution in [0.3, 0.4) is 0 Å². The largest absolute Gasteiger partial charge is 0.492 e. The molecule has 0 saturated heterocycles. The van der Waals surface area contributed by atoms with Gasteiger partial charge in [-0.05, 0) is 60.6 Å². The molecular weight excluding hydrogens is 256 g/mol. The van der Waals surface area contributed by atoms with Gasteiger partial charge in [0.1, 0.15) is 5.75 Å². The predicted octanol–water partition coefficient (Wildman–Crippen LogP) is 5.26. The highest BCUT2D eigenvalue weighted by Gasteiger charge is 2.28. The van der Waals surface area contributed by atoms with E-state index in [-0.39, 0.29) is 0 Å². The molecule has 2 aromatic carbocycles. The maximum absolute atomic E-state index is 5.96. The number of aryl methyl sites for hydroxylation is 1. The normalized spacial score (nSPS) is 17.0. The molecule has 1 atom stereocenters. The van der Waals surface area contributed by atoms with Crippen molar-refractivity contribution in [2.24, 2.45) is 0 Å². The maximum atomic E-state index is 5.96. The van der Waals surface area contributed by atoms with E-state index in [1.807, 2.05) is 0 Å². The molecule has 3 rings (SSSR count). The zero-order valence-electron chi connectivity index (χ0n) is 13.7. The van der Waals surface area contributed by atoms with Crippen molar-refractivity contribution in [2.45, 2.75) is 46.5 Å². The first kappa shape index (κ1) is 14.2. The van der Waals surface area contributed by atoms with Crippen molar-refractivity contribution in [2.75, 3.05) is 6.61 Å². The van der Waals surface area contributed by atoms with Gasteiger partial charge in [0.25, 0.3) is 0 Å². The van der Waals surface area contributed by atoms with E-state index < -0.39 is 0 Å². The van der Waals surface area contributed by atoms with Gasteiger partial charge in [0.15, 0.2) is 0 Å². The average Bonchev–Trinajstić information content (AvgIpc) is 2.88.